The van der Waals surface area contributed by atoms with Crippen LogP contribution in [0, 0.1) is 22.7 Å². The summed E-state index contributed by atoms with van der Waals surface area (Å²) in [5, 5.41) is 20.4. The van der Waals surface area contributed by atoms with Crippen LogP contribution >= 0.6 is 11.8 Å². The van der Waals surface area contributed by atoms with E-state index in [1.165, 1.54) is 18.0 Å². The minimum Gasteiger partial charge on any atom is -0.354 e. The van der Waals surface area contributed by atoms with Crippen LogP contribution in [0.3, 0.4) is 0 Å². The average Bonchev–Trinajstić information content (AvgIpc) is 3.00. The molecule has 168 valence electrons. The average molecular weight is 470 g/mol. The van der Waals surface area contributed by atoms with Gasteiger partial charge in [-0.1, -0.05) is 19.1 Å². The molecule has 7 nitrogen and oxygen atoms in total. The molecule has 0 unspecified atom stereocenters. The van der Waals surface area contributed by atoms with Crippen molar-refractivity contribution >= 4 is 27.4 Å². The second kappa shape index (κ2) is 10.4. The van der Waals surface area contributed by atoms with E-state index in [9.17, 15) is 18.9 Å². The van der Waals surface area contributed by atoms with Gasteiger partial charge in [-0.3, -0.25) is 0 Å². The van der Waals surface area contributed by atoms with E-state index in [0.717, 1.165) is 43.7 Å². The molecule has 0 N–H and O–H groups in total. The van der Waals surface area contributed by atoms with Crippen molar-refractivity contribution in [3.8, 4) is 12.1 Å². The van der Waals surface area contributed by atoms with Crippen molar-refractivity contribution in [3.05, 3.63) is 46.5 Å². The molecule has 32 heavy (non-hydrogen) atoms. The number of aromatic nitrogens is 1. The van der Waals surface area contributed by atoms with Crippen LogP contribution in [0.2, 0.25) is 0 Å². The number of sulfone groups is 1. The molecule has 0 aliphatic carbocycles. The first-order valence-electron chi connectivity index (χ1n) is 10.5. The Morgan fingerprint density at radius 1 is 1.06 bits per heavy atom. The summed E-state index contributed by atoms with van der Waals surface area (Å²) >= 11 is 1.44. The van der Waals surface area contributed by atoms with Gasteiger partial charge in [0.1, 0.15) is 23.0 Å². The molecule has 0 saturated carbocycles. The standard InChI is InChI=1S/C23H27N5O2S2/c1-4-19-20(14-24)22(28-11-5-10-27(2)12-13-28)26-23(21(19)15-25)31-16-17-6-8-18(9-7-17)32(3,29)30/h6-9H,4-5,10-13,16H2,1-3H3. The third kappa shape index (κ3) is 5.42. The number of likely N-dealkylation sites (N-methyl/N-ethyl adjacent to an activating group) is 1. The van der Waals surface area contributed by atoms with Crippen LogP contribution in [0.1, 0.15) is 35.6 Å². The Hall–Kier alpha value is -2.59. The lowest BCUT2D eigenvalue weighted by Crippen LogP contribution is -2.30. The van der Waals surface area contributed by atoms with E-state index in [0.29, 0.717) is 34.1 Å². The lowest BCUT2D eigenvalue weighted by atomic mass is 10.0. The third-order valence-electron chi connectivity index (χ3n) is 5.57. The Bertz CT molecular complexity index is 1160. The highest BCUT2D eigenvalue weighted by Crippen LogP contribution is 2.34. The summed E-state index contributed by atoms with van der Waals surface area (Å²) in [6.07, 6.45) is 2.75. The third-order valence-corrected chi connectivity index (χ3v) is 7.75. The minimum absolute atomic E-state index is 0.280. The Kier molecular flexibility index (Phi) is 7.78. The zero-order chi connectivity index (χ0) is 23.3. The Morgan fingerprint density at radius 3 is 2.34 bits per heavy atom. The van der Waals surface area contributed by atoms with Crippen molar-refractivity contribution in [2.24, 2.45) is 0 Å². The quantitative estimate of drug-likeness (QED) is 0.595. The molecule has 0 atom stereocenters. The van der Waals surface area contributed by atoms with E-state index in [1.54, 1.807) is 24.3 Å². The largest absolute Gasteiger partial charge is 0.354 e. The van der Waals surface area contributed by atoms with E-state index in [4.69, 9.17) is 4.98 Å². The number of nitriles is 2. The number of thioether (sulfide) groups is 1. The summed E-state index contributed by atoms with van der Waals surface area (Å²) < 4.78 is 23.4. The highest BCUT2D eigenvalue weighted by atomic mass is 32.2. The van der Waals surface area contributed by atoms with E-state index in [2.05, 4.69) is 29.0 Å². The number of benzene rings is 1. The van der Waals surface area contributed by atoms with Crippen LogP contribution in [-0.2, 0) is 22.0 Å². The lowest BCUT2D eigenvalue weighted by Gasteiger charge is -2.25. The molecule has 1 aliphatic heterocycles. The number of nitrogens with zero attached hydrogens (tertiary/aromatic N) is 5. The summed E-state index contributed by atoms with van der Waals surface area (Å²) in [7, 11) is -1.15. The second-order valence-corrected chi connectivity index (χ2v) is 10.9. The van der Waals surface area contributed by atoms with Crippen molar-refractivity contribution in [1.29, 1.82) is 10.5 Å². The molecule has 0 bridgehead atoms. The van der Waals surface area contributed by atoms with Crippen molar-refractivity contribution in [2.45, 2.75) is 35.4 Å². The minimum atomic E-state index is -3.24. The maximum absolute atomic E-state index is 11.7. The van der Waals surface area contributed by atoms with Gasteiger partial charge in [0.25, 0.3) is 0 Å². The van der Waals surface area contributed by atoms with E-state index in [1.807, 2.05) is 6.92 Å². The first kappa shape index (κ1) is 24.1. The number of rotatable bonds is 6. The Morgan fingerprint density at radius 2 is 1.75 bits per heavy atom. The normalized spacial score (nSPS) is 15.1. The zero-order valence-electron chi connectivity index (χ0n) is 18.6. The summed E-state index contributed by atoms with van der Waals surface area (Å²) in [4.78, 5) is 9.52. The molecule has 0 amide bonds. The summed E-state index contributed by atoms with van der Waals surface area (Å²) in [5.74, 6) is 1.21. The van der Waals surface area contributed by atoms with Crippen molar-refractivity contribution in [3.63, 3.8) is 0 Å². The van der Waals surface area contributed by atoms with Crippen molar-refractivity contribution < 1.29 is 8.42 Å². The van der Waals surface area contributed by atoms with Crippen molar-refractivity contribution in [2.75, 3.05) is 44.4 Å². The molecule has 1 aliphatic rings. The molecule has 2 heterocycles. The highest BCUT2D eigenvalue weighted by molar-refractivity contribution is 7.98. The van der Waals surface area contributed by atoms with Crippen LogP contribution in [-0.4, -0.2) is 57.8 Å². The Labute approximate surface area is 194 Å². The Balaban J connectivity index is 1.96. The van der Waals surface area contributed by atoms with E-state index >= 15 is 0 Å². The molecule has 0 radical (unpaired) electrons. The van der Waals surface area contributed by atoms with Gasteiger partial charge < -0.3 is 9.80 Å². The van der Waals surface area contributed by atoms with Gasteiger partial charge in [0, 0.05) is 31.6 Å². The molecular weight excluding hydrogens is 442 g/mol. The van der Waals surface area contributed by atoms with Gasteiger partial charge in [-0.05, 0) is 49.7 Å². The number of hydrogen-bond donors (Lipinski definition) is 0. The van der Waals surface area contributed by atoms with Crippen LogP contribution in [0.5, 0.6) is 0 Å². The molecule has 3 rings (SSSR count). The molecule has 9 heteroatoms. The SMILES string of the molecule is CCc1c(C#N)c(SCc2ccc(S(C)(=O)=O)cc2)nc(N2CCCN(C)CC2)c1C#N. The van der Waals surface area contributed by atoms with Gasteiger partial charge in [-0.15, -0.1) is 11.8 Å². The monoisotopic (exact) mass is 469 g/mol. The first-order chi connectivity index (χ1) is 15.3. The zero-order valence-corrected chi connectivity index (χ0v) is 20.3. The molecule has 1 aromatic carbocycles. The number of anilines is 1. The second-order valence-electron chi connectivity index (χ2n) is 7.89. The molecular formula is C23H27N5O2S2. The van der Waals surface area contributed by atoms with Crippen LogP contribution in [0.15, 0.2) is 34.2 Å². The molecule has 2 aromatic rings. The predicted octanol–water partition coefficient (Wildman–Crippen LogP) is 3.23. The van der Waals surface area contributed by atoms with E-state index < -0.39 is 9.84 Å². The lowest BCUT2D eigenvalue weighted by molar-refractivity contribution is 0.360. The van der Waals surface area contributed by atoms with E-state index in [-0.39, 0.29) is 4.90 Å². The van der Waals surface area contributed by atoms with Crippen LogP contribution in [0.25, 0.3) is 0 Å². The van der Waals surface area contributed by atoms with Gasteiger partial charge >= 0.3 is 0 Å². The summed E-state index contributed by atoms with van der Waals surface area (Å²) in [6.45, 7) is 5.45. The van der Waals surface area contributed by atoms with Crippen LogP contribution in [0.4, 0.5) is 5.82 Å². The highest BCUT2D eigenvalue weighted by Gasteiger charge is 2.24. The topological polar surface area (TPSA) is 101 Å². The fraction of sp³-hybridized carbons (Fsp3) is 0.435. The van der Waals surface area contributed by atoms with Gasteiger partial charge in [-0.25, -0.2) is 13.4 Å². The van der Waals surface area contributed by atoms with Gasteiger partial charge in [0.2, 0.25) is 0 Å². The maximum atomic E-state index is 11.7. The van der Waals surface area contributed by atoms with Crippen molar-refractivity contribution in [1.82, 2.24) is 9.88 Å². The summed E-state index contributed by atoms with van der Waals surface area (Å²) in [6, 6.07) is 11.3. The number of hydrogen-bond acceptors (Lipinski definition) is 8. The molecule has 1 fully saturated rings. The van der Waals surface area contributed by atoms with Crippen LogP contribution < -0.4 is 4.90 Å². The first-order valence-corrected chi connectivity index (χ1v) is 13.4. The molecule has 1 aromatic heterocycles. The van der Waals surface area contributed by atoms with Gasteiger partial charge in [0.15, 0.2) is 9.84 Å². The van der Waals surface area contributed by atoms with Gasteiger partial charge in [-0.2, -0.15) is 10.5 Å². The predicted molar refractivity (Wildman–Crippen MR) is 126 cm³/mol. The fourth-order valence-electron chi connectivity index (χ4n) is 3.76. The smallest absolute Gasteiger partial charge is 0.175 e. The summed E-state index contributed by atoms with van der Waals surface area (Å²) in [5.41, 5.74) is 2.63. The number of pyridine rings is 1. The van der Waals surface area contributed by atoms with Gasteiger partial charge in [0.05, 0.1) is 16.0 Å². The maximum Gasteiger partial charge on any atom is 0.175 e. The fourth-order valence-corrected chi connectivity index (χ4v) is 5.35. The molecule has 1 saturated heterocycles. The molecule has 0 spiro atoms.